The summed E-state index contributed by atoms with van der Waals surface area (Å²) in [5.74, 6) is 0. The lowest BCUT2D eigenvalue weighted by Gasteiger charge is -1.95. The highest BCUT2D eigenvalue weighted by atomic mass is 32.1. The lowest BCUT2D eigenvalue weighted by molar-refractivity contribution is 0.969. The van der Waals surface area contributed by atoms with Crippen LogP contribution in [0.3, 0.4) is 0 Å². The minimum atomic E-state index is 1.02. The minimum Gasteiger partial charge on any atom is -0.351 e. The van der Waals surface area contributed by atoms with E-state index >= 15 is 0 Å². The van der Waals surface area contributed by atoms with E-state index in [2.05, 4.69) is 41.6 Å². The Labute approximate surface area is 71.1 Å². The van der Waals surface area contributed by atoms with E-state index in [0.29, 0.717) is 0 Å². The molecule has 0 bridgehead atoms. The first-order chi connectivity index (χ1) is 5.27. The van der Waals surface area contributed by atoms with Crippen molar-refractivity contribution in [3.05, 3.63) is 30.5 Å². The van der Waals surface area contributed by atoms with E-state index in [9.17, 15) is 0 Å². The van der Waals surface area contributed by atoms with Crippen molar-refractivity contribution in [3.63, 3.8) is 0 Å². The van der Waals surface area contributed by atoms with Crippen molar-refractivity contribution in [2.45, 2.75) is 4.90 Å². The van der Waals surface area contributed by atoms with Gasteiger partial charge in [0, 0.05) is 29.0 Å². The second kappa shape index (κ2) is 2.31. The molecule has 0 spiro atoms. The molecule has 1 aromatic heterocycles. The molecule has 0 aliphatic rings. The van der Waals surface area contributed by atoms with E-state index in [1.54, 1.807) is 0 Å². The van der Waals surface area contributed by atoms with Crippen LogP contribution in [0.4, 0.5) is 0 Å². The Morgan fingerprint density at radius 1 is 1.27 bits per heavy atom. The van der Waals surface area contributed by atoms with Gasteiger partial charge in [-0.25, -0.2) is 0 Å². The average Bonchev–Trinajstić information content (AvgIpc) is 2.32. The number of hydrogen-bond acceptors (Lipinski definition) is 1. The second-order valence-corrected chi connectivity index (χ2v) is 3.19. The Kier molecular flexibility index (Phi) is 1.43. The standard InChI is InChI=1S/C9H9NS/c1-10-5-4-7-6-8(11)2-3-9(7)10/h2-6,11H,1H3. The van der Waals surface area contributed by atoms with E-state index in [1.165, 1.54) is 10.9 Å². The van der Waals surface area contributed by atoms with Crippen molar-refractivity contribution in [3.8, 4) is 0 Å². The van der Waals surface area contributed by atoms with E-state index in [4.69, 9.17) is 0 Å². The monoisotopic (exact) mass is 163 g/mol. The zero-order valence-corrected chi connectivity index (χ0v) is 7.18. The molecule has 0 N–H and O–H groups in total. The fraction of sp³-hybridized carbons (Fsp3) is 0.111. The van der Waals surface area contributed by atoms with Crippen LogP contribution in [0, 0.1) is 0 Å². The number of nitrogens with zero attached hydrogens (tertiary/aromatic N) is 1. The Balaban J connectivity index is 2.86. The number of aromatic nitrogens is 1. The summed E-state index contributed by atoms with van der Waals surface area (Å²) in [5.41, 5.74) is 1.25. The summed E-state index contributed by atoms with van der Waals surface area (Å²) >= 11 is 4.26. The van der Waals surface area contributed by atoms with E-state index in [1.807, 2.05) is 13.1 Å². The molecule has 0 unspecified atom stereocenters. The molecule has 1 heterocycles. The number of rotatable bonds is 0. The van der Waals surface area contributed by atoms with Crippen molar-refractivity contribution >= 4 is 23.5 Å². The van der Waals surface area contributed by atoms with Crippen LogP contribution >= 0.6 is 12.6 Å². The Morgan fingerprint density at radius 3 is 2.91 bits per heavy atom. The van der Waals surface area contributed by atoms with Gasteiger partial charge in [-0.05, 0) is 24.3 Å². The van der Waals surface area contributed by atoms with Crippen molar-refractivity contribution in [1.82, 2.24) is 4.57 Å². The van der Waals surface area contributed by atoms with Crippen LogP contribution in [-0.2, 0) is 7.05 Å². The molecule has 2 heteroatoms. The van der Waals surface area contributed by atoms with Crippen molar-refractivity contribution in [2.24, 2.45) is 7.05 Å². The first-order valence-corrected chi connectivity index (χ1v) is 3.96. The minimum absolute atomic E-state index is 1.02. The fourth-order valence-corrected chi connectivity index (χ4v) is 1.48. The maximum Gasteiger partial charge on any atom is 0.0478 e. The normalized spacial score (nSPS) is 10.7. The summed E-state index contributed by atoms with van der Waals surface area (Å²) in [6.45, 7) is 0. The smallest absolute Gasteiger partial charge is 0.0478 e. The molecule has 0 saturated heterocycles. The highest BCUT2D eigenvalue weighted by Gasteiger charge is 1.95. The van der Waals surface area contributed by atoms with Crippen molar-refractivity contribution < 1.29 is 0 Å². The first kappa shape index (κ1) is 6.80. The van der Waals surface area contributed by atoms with Gasteiger partial charge in [0.1, 0.15) is 0 Å². The van der Waals surface area contributed by atoms with Gasteiger partial charge < -0.3 is 4.57 Å². The Bertz CT molecular complexity index is 389. The number of benzene rings is 1. The SMILES string of the molecule is Cn1ccc2cc(S)ccc21. The molecule has 0 saturated carbocycles. The van der Waals surface area contributed by atoms with Gasteiger partial charge in [-0.3, -0.25) is 0 Å². The summed E-state index contributed by atoms with van der Waals surface area (Å²) < 4.78 is 2.10. The Morgan fingerprint density at radius 2 is 2.09 bits per heavy atom. The highest BCUT2D eigenvalue weighted by molar-refractivity contribution is 7.80. The van der Waals surface area contributed by atoms with Crippen LogP contribution in [0.25, 0.3) is 10.9 Å². The lowest BCUT2D eigenvalue weighted by Crippen LogP contribution is -1.82. The van der Waals surface area contributed by atoms with Crippen LogP contribution in [-0.4, -0.2) is 4.57 Å². The average molecular weight is 163 g/mol. The number of hydrogen-bond donors (Lipinski definition) is 1. The molecule has 2 aromatic rings. The predicted octanol–water partition coefficient (Wildman–Crippen LogP) is 2.47. The molecular formula is C9H9NS. The molecule has 0 fully saturated rings. The molecule has 0 aliphatic carbocycles. The van der Waals surface area contributed by atoms with Crippen molar-refractivity contribution in [1.29, 1.82) is 0 Å². The number of fused-ring (bicyclic) bond motifs is 1. The van der Waals surface area contributed by atoms with Gasteiger partial charge in [0.05, 0.1) is 0 Å². The highest BCUT2D eigenvalue weighted by Crippen LogP contribution is 2.18. The zero-order chi connectivity index (χ0) is 7.84. The van der Waals surface area contributed by atoms with Gasteiger partial charge >= 0.3 is 0 Å². The third-order valence-corrected chi connectivity index (χ3v) is 2.15. The third-order valence-electron chi connectivity index (χ3n) is 1.87. The van der Waals surface area contributed by atoms with Gasteiger partial charge in [-0.1, -0.05) is 0 Å². The van der Waals surface area contributed by atoms with Crippen LogP contribution in [0.5, 0.6) is 0 Å². The molecule has 56 valence electrons. The van der Waals surface area contributed by atoms with E-state index in [-0.39, 0.29) is 0 Å². The summed E-state index contributed by atoms with van der Waals surface area (Å²) in [6.07, 6.45) is 2.05. The molecular weight excluding hydrogens is 154 g/mol. The predicted molar refractivity (Wildman–Crippen MR) is 50.2 cm³/mol. The van der Waals surface area contributed by atoms with Gasteiger partial charge in [0.2, 0.25) is 0 Å². The summed E-state index contributed by atoms with van der Waals surface area (Å²) in [7, 11) is 2.04. The largest absolute Gasteiger partial charge is 0.351 e. The fourth-order valence-electron chi connectivity index (χ4n) is 1.27. The third kappa shape index (κ3) is 1.03. The van der Waals surface area contributed by atoms with E-state index in [0.717, 1.165) is 4.90 Å². The maximum absolute atomic E-state index is 4.26. The molecule has 11 heavy (non-hydrogen) atoms. The molecule has 0 amide bonds. The number of aryl methyl sites for hydroxylation is 1. The van der Waals surface area contributed by atoms with Crippen LogP contribution < -0.4 is 0 Å². The molecule has 0 radical (unpaired) electrons. The second-order valence-electron chi connectivity index (χ2n) is 2.67. The van der Waals surface area contributed by atoms with Gasteiger partial charge in [-0.15, -0.1) is 12.6 Å². The van der Waals surface area contributed by atoms with Crippen LogP contribution in [0.1, 0.15) is 0 Å². The molecule has 0 aliphatic heterocycles. The van der Waals surface area contributed by atoms with E-state index < -0.39 is 0 Å². The van der Waals surface area contributed by atoms with Crippen LogP contribution in [0.15, 0.2) is 35.4 Å². The van der Waals surface area contributed by atoms with Gasteiger partial charge in [-0.2, -0.15) is 0 Å². The van der Waals surface area contributed by atoms with Crippen LogP contribution in [0.2, 0.25) is 0 Å². The van der Waals surface area contributed by atoms with Gasteiger partial charge in [0.25, 0.3) is 0 Å². The topological polar surface area (TPSA) is 4.93 Å². The lowest BCUT2D eigenvalue weighted by atomic mass is 10.2. The summed E-state index contributed by atoms with van der Waals surface area (Å²) in [5, 5.41) is 1.25. The molecule has 1 nitrogen and oxygen atoms in total. The zero-order valence-electron chi connectivity index (χ0n) is 6.28. The molecule has 1 aromatic carbocycles. The molecule has 2 rings (SSSR count). The first-order valence-electron chi connectivity index (χ1n) is 3.51. The maximum atomic E-state index is 4.26. The number of thiol groups is 1. The Hall–Kier alpha value is -0.890. The van der Waals surface area contributed by atoms with Gasteiger partial charge in [0.15, 0.2) is 0 Å². The molecule has 0 atom stereocenters. The summed E-state index contributed by atoms with van der Waals surface area (Å²) in [6, 6.07) is 8.25. The van der Waals surface area contributed by atoms with Crippen molar-refractivity contribution in [2.75, 3.05) is 0 Å². The summed E-state index contributed by atoms with van der Waals surface area (Å²) in [4.78, 5) is 1.02. The quantitative estimate of drug-likeness (QED) is 0.569.